The van der Waals surface area contributed by atoms with E-state index in [1.165, 1.54) is 11.1 Å². The molecule has 2 aromatic rings. The van der Waals surface area contributed by atoms with Gasteiger partial charge in [-0.15, -0.1) is 10.2 Å². The Labute approximate surface area is 133 Å². The van der Waals surface area contributed by atoms with E-state index >= 15 is 0 Å². The Kier molecular flexibility index (Phi) is 3.09. The molecule has 0 saturated carbocycles. The second-order valence-corrected chi connectivity index (χ2v) is 5.87. The molecule has 4 rings (SSSR count). The molecule has 0 saturated heterocycles. The number of hydrogen-bond acceptors (Lipinski definition) is 2. The van der Waals surface area contributed by atoms with Crippen LogP contribution < -0.4 is 0 Å². The standard InChI is InChI=1S/C18H14ClN3/c1-12-6-8-13(9-7-12)10-22-11-15-17(20-21-18(15)19)14-4-2-3-5-16(14)22/h2-9,11H,10H2,1H3. The highest BCUT2D eigenvalue weighted by Gasteiger charge is 2.17. The molecule has 108 valence electrons. The Bertz CT molecular complexity index is 925. The molecule has 2 heterocycles. The summed E-state index contributed by atoms with van der Waals surface area (Å²) in [5, 5.41) is 9.75. The number of fused-ring (bicyclic) bond motifs is 3. The molecule has 0 spiro atoms. The number of aromatic nitrogens is 3. The van der Waals surface area contributed by atoms with Gasteiger partial charge in [0.2, 0.25) is 0 Å². The van der Waals surface area contributed by atoms with E-state index in [0.29, 0.717) is 5.15 Å². The first-order valence-corrected chi connectivity index (χ1v) is 7.55. The van der Waals surface area contributed by atoms with E-state index in [4.69, 9.17) is 11.6 Å². The smallest absolute Gasteiger partial charge is 0.162 e. The number of halogens is 1. The fraction of sp³-hybridized carbons (Fsp3) is 0.111. The van der Waals surface area contributed by atoms with E-state index in [0.717, 1.165) is 28.7 Å². The summed E-state index contributed by atoms with van der Waals surface area (Å²) in [6.07, 6.45) is 2.04. The maximum atomic E-state index is 6.18. The number of rotatable bonds is 2. The number of benzene rings is 2. The Morgan fingerprint density at radius 1 is 1.00 bits per heavy atom. The van der Waals surface area contributed by atoms with Crippen LogP contribution in [0.3, 0.4) is 0 Å². The summed E-state index contributed by atoms with van der Waals surface area (Å²) >= 11 is 6.18. The summed E-state index contributed by atoms with van der Waals surface area (Å²) in [6, 6.07) is 16.8. The second kappa shape index (κ2) is 5.11. The molecule has 0 fully saturated rings. The maximum Gasteiger partial charge on any atom is 0.162 e. The Morgan fingerprint density at radius 3 is 2.59 bits per heavy atom. The van der Waals surface area contributed by atoms with Crippen LogP contribution in [-0.2, 0) is 6.54 Å². The second-order valence-electron chi connectivity index (χ2n) is 5.51. The number of hydrogen-bond donors (Lipinski definition) is 0. The van der Waals surface area contributed by atoms with Gasteiger partial charge in [-0.1, -0.05) is 59.6 Å². The topological polar surface area (TPSA) is 30.7 Å². The zero-order valence-corrected chi connectivity index (χ0v) is 12.9. The summed E-state index contributed by atoms with van der Waals surface area (Å²) < 4.78 is 2.21. The van der Waals surface area contributed by atoms with Gasteiger partial charge in [-0.05, 0) is 18.6 Å². The van der Waals surface area contributed by atoms with Crippen LogP contribution in [0.5, 0.6) is 0 Å². The van der Waals surface area contributed by atoms with Crippen LogP contribution in [0.25, 0.3) is 22.2 Å². The molecule has 2 aliphatic heterocycles. The molecule has 0 unspecified atom stereocenters. The molecular formula is C18H14ClN3. The largest absolute Gasteiger partial charge is 0.342 e. The van der Waals surface area contributed by atoms with Crippen LogP contribution in [0.15, 0.2) is 54.7 Å². The summed E-state index contributed by atoms with van der Waals surface area (Å²) in [4.78, 5) is 0. The van der Waals surface area contributed by atoms with Gasteiger partial charge < -0.3 is 4.57 Å². The van der Waals surface area contributed by atoms with E-state index < -0.39 is 0 Å². The van der Waals surface area contributed by atoms with Crippen molar-refractivity contribution in [1.29, 1.82) is 0 Å². The zero-order valence-electron chi connectivity index (χ0n) is 12.1. The van der Waals surface area contributed by atoms with Gasteiger partial charge in [0.15, 0.2) is 5.15 Å². The van der Waals surface area contributed by atoms with Crippen molar-refractivity contribution in [2.45, 2.75) is 13.5 Å². The monoisotopic (exact) mass is 307 g/mol. The van der Waals surface area contributed by atoms with Crippen LogP contribution in [0, 0.1) is 6.92 Å². The lowest BCUT2D eigenvalue weighted by Gasteiger charge is -2.14. The summed E-state index contributed by atoms with van der Waals surface area (Å²) in [7, 11) is 0. The van der Waals surface area contributed by atoms with Crippen LogP contribution in [0.1, 0.15) is 11.1 Å². The number of nitrogens with zero attached hydrogens (tertiary/aromatic N) is 3. The third-order valence-corrected chi connectivity index (χ3v) is 4.22. The van der Waals surface area contributed by atoms with E-state index in [1.807, 2.05) is 18.3 Å². The third-order valence-electron chi connectivity index (χ3n) is 3.94. The quantitative estimate of drug-likeness (QED) is 0.544. The SMILES string of the molecule is Cc1ccc(Cn2cc3c(Cl)nnc-3c3ccccc32)cc1. The molecule has 0 bridgehead atoms. The summed E-state index contributed by atoms with van der Waals surface area (Å²) in [5.74, 6) is 0. The molecule has 0 atom stereocenters. The fourth-order valence-electron chi connectivity index (χ4n) is 2.78. The van der Waals surface area contributed by atoms with Crippen molar-refractivity contribution in [3.05, 3.63) is 71.0 Å². The van der Waals surface area contributed by atoms with Crippen molar-refractivity contribution in [1.82, 2.24) is 14.8 Å². The number of aryl methyl sites for hydroxylation is 1. The van der Waals surface area contributed by atoms with Crippen LogP contribution in [0.2, 0.25) is 5.15 Å². The molecule has 0 amide bonds. The van der Waals surface area contributed by atoms with Crippen molar-refractivity contribution in [2.75, 3.05) is 0 Å². The molecule has 2 aliphatic rings. The molecule has 3 nitrogen and oxygen atoms in total. The lowest BCUT2D eigenvalue weighted by Crippen LogP contribution is -2.03. The van der Waals surface area contributed by atoms with Gasteiger partial charge in [0, 0.05) is 18.1 Å². The van der Waals surface area contributed by atoms with E-state index in [2.05, 4.69) is 58.1 Å². The van der Waals surface area contributed by atoms with Gasteiger partial charge >= 0.3 is 0 Å². The van der Waals surface area contributed by atoms with Gasteiger partial charge in [-0.3, -0.25) is 0 Å². The maximum absolute atomic E-state index is 6.18. The minimum absolute atomic E-state index is 0.457. The van der Waals surface area contributed by atoms with Gasteiger partial charge in [-0.2, -0.15) is 0 Å². The van der Waals surface area contributed by atoms with Gasteiger partial charge in [0.25, 0.3) is 0 Å². The fourth-order valence-corrected chi connectivity index (χ4v) is 2.96. The van der Waals surface area contributed by atoms with Crippen molar-refractivity contribution in [2.24, 2.45) is 0 Å². The first-order valence-electron chi connectivity index (χ1n) is 7.18. The van der Waals surface area contributed by atoms with E-state index in [9.17, 15) is 0 Å². The van der Waals surface area contributed by atoms with Crippen LogP contribution >= 0.6 is 11.6 Å². The highest BCUT2D eigenvalue weighted by Crippen LogP contribution is 2.33. The highest BCUT2D eigenvalue weighted by atomic mass is 35.5. The first kappa shape index (κ1) is 13.3. The first-order chi connectivity index (χ1) is 10.7. The molecule has 0 aromatic heterocycles. The average molecular weight is 308 g/mol. The molecule has 0 aliphatic carbocycles. The molecule has 22 heavy (non-hydrogen) atoms. The Morgan fingerprint density at radius 2 is 1.77 bits per heavy atom. The van der Waals surface area contributed by atoms with Crippen molar-refractivity contribution in [3.8, 4) is 11.3 Å². The lowest BCUT2D eigenvalue weighted by atomic mass is 10.1. The minimum atomic E-state index is 0.457. The van der Waals surface area contributed by atoms with Crippen LogP contribution in [0.4, 0.5) is 0 Å². The average Bonchev–Trinajstić information content (AvgIpc) is 2.91. The minimum Gasteiger partial charge on any atom is -0.342 e. The van der Waals surface area contributed by atoms with Gasteiger partial charge in [0.05, 0.1) is 11.1 Å². The lowest BCUT2D eigenvalue weighted by molar-refractivity contribution is 0.827. The highest BCUT2D eigenvalue weighted by molar-refractivity contribution is 6.32. The molecule has 0 radical (unpaired) electrons. The molecule has 4 heteroatoms. The van der Waals surface area contributed by atoms with Crippen LogP contribution in [-0.4, -0.2) is 14.8 Å². The predicted octanol–water partition coefficient (Wildman–Crippen LogP) is 4.55. The number of para-hydroxylation sites is 1. The molecular weight excluding hydrogens is 294 g/mol. The van der Waals surface area contributed by atoms with E-state index in [-0.39, 0.29) is 0 Å². The van der Waals surface area contributed by atoms with Crippen molar-refractivity contribution >= 4 is 22.5 Å². The van der Waals surface area contributed by atoms with Crippen molar-refractivity contribution in [3.63, 3.8) is 0 Å². The van der Waals surface area contributed by atoms with Gasteiger partial charge in [0.1, 0.15) is 5.69 Å². The van der Waals surface area contributed by atoms with Crippen molar-refractivity contribution < 1.29 is 0 Å². The Balaban J connectivity index is 1.92. The normalized spacial score (nSPS) is 11.4. The summed E-state index contributed by atoms with van der Waals surface area (Å²) in [6.45, 7) is 2.89. The number of pyridine rings is 1. The van der Waals surface area contributed by atoms with E-state index in [1.54, 1.807) is 0 Å². The van der Waals surface area contributed by atoms with Gasteiger partial charge in [-0.25, -0.2) is 0 Å². The third kappa shape index (κ3) is 2.14. The molecule has 0 N–H and O–H groups in total. The summed E-state index contributed by atoms with van der Waals surface area (Å²) in [5.41, 5.74) is 5.41. The predicted molar refractivity (Wildman–Crippen MR) is 89.4 cm³/mol. The Hall–Kier alpha value is -2.39. The molecule has 2 aromatic carbocycles. The zero-order chi connectivity index (χ0) is 15.1.